The average molecular weight is 401 g/mol. The number of fused-ring (bicyclic) bond motifs is 3. The first-order valence-electron chi connectivity index (χ1n) is 10.0. The maximum absolute atomic E-state index is 13.3. The van der Waals surface area contributed by atoms with Gasteiger partial charge in [-0.2, -0.15) is 0 Å². The van der Waals surface area contributed by atoms with Crippen molar-refractivity contribution in [2.45, 2.75) is 19.6 Å². The van der Waals surface area contributed by atoms with Crippen LogP contribution in [0.3, 0.4) is 0 Å². The van der Waals surface area contributed by atoms with E-state index in [2.05, 4.69) is 10.6 Å². The first-order chi connectivity index (χ1) is 14.5. The summed E-state index contributed by atoms with van der Waals surface area (Å²) in [5.41, 5.74) is 4.82. The quantitative estimate of drug-likeness (QED) is 0.519. The molecule has 1 atom stereocenters. The normalized spacial score (nSPS) is 16.0. The Morgan fingerprint density at radius 2 is 1.73 bits per heavy atom. The van der Waals surface area contributed by atoms with E-state index in [4.69, 9.17) is 4.74 Å². The third kappa shape index (κ3) is 2.60. The van der Waals surface area contributed by atoms with Crippen LogP contribution in [0.1, 0.15) is 22.9 Å². The molecular formula is C24H23N3O3. The average Bonchev–Trinajstić information content (AvgIpc) is 3.12. The van der Waals surface area contributed by atoms with E-state index < -0.39 is 0 Å². The van der Waals surface area contributed by atoms with Crippen molar-refractivity contribution in [3.05, 3.63) is 92.3 Å². The van der Waals surface area contributed by atoms with Crippen LogP contribution in [-0.4, -0.2) is 20.3 Å². The van der Waals surface area contributed by atoms with Gasteiger partial charge in [0, 0.05) is 20.6 Å². The Morgan fingerprint density at radius 1 is 0.967 bits per heavy atom. The molecule has 3 heterocycles. The number of ether oxygens (including phenoxy) is 1. The number of hydrogen-bond donors (Lipinski definition) is 0. The van der Waals surface area contributed by atoms with Gasteiger partial charge in [0.2, 0.25) is 0 Å². The molecule has 5 rings (SSSR count). The summed E-state index contributed by atoms with van der Waals surface area (Å²) in [5, 5.41) is 0.562. The number of aryl methyl sites for hydroxylation is 2. The maximum Gasteiger partial charge on any atom is 0.331 e. The first kappa shape index (κ1) is 18.6. The van der Waals surface area contributed by atoms with Gasteiger partial charge < -0.3 is 9.30 Å². The van der Waals surface area contributed by atoms with Gasteiger partial charge in [-0.15, -0.1) is 0 Å². The van der Waals surface area contributed by atoms with Crippen LogP contribution in [0.4, 0.5) is 0 Å². The molecule has 152 valence electrons. The fraction of sp³-hybridized carbons (Fsp3) is 0.250. The van der Waals surface area contributed by atoms with Crippen molar-refractivity contribution in [1.82, 2.24) is 13.7 Å². The largest absolute Gasteiger partial charge is 0.365 e. The van der Waals surface area contributed by atoms with Crippen molar-refractivity contribution in [1.29, 1.82) is 0 Å². The van der Waals surface area contributed by atoms with E-state index >= 15 is 0 Å². The first-order valence-corrected chi connectivity index (χ1v) is 10.0. The van der Waals surface area contributed by atoms with Crippen molar-refractivity contribution >= 4 is 10.9 Å². The third-order valence-corrected chi connectivity index (χ3v) is 5.95. The highest BCUT2D eigenvalue weighted by Gasteiger charge is 2.32. The predicted molar refractivity (Wildman–Crippen MR) is 117 cm³/mol. The molecule has 0 amide bonds. The number of benzene rings is 2. The molecule has 2 aromatic carbocycles. The zero-order chi connectivity index (χ0) is 21.0. The van der Waals surface area contributed by atoms with Gasteiger partial charge in [0.15, 0.2) is 0 Å². The SMILES string of the molecule is Cc1cccc(-c2c3c(=O)n(C)c(=O)n(C)c3c3n2CCOC3c2ccccc2)c1. The van der Waals surface area contributed by atoms with Crippen molar-refractivity contribution < 1.29 is 4.74 Å². The number of nitrogens with zero attached hydrogens (tertiary/aromatic N) is 3. The van der Waals surface area contributed by atoms with Crippen LogP contribution in [-0.2, 0) is 25.4 Å². The van der Waals surface area contributed by atoms with Crippen molar-refractivity contribution in [3.63, 3.8) is 0 Å². The highest BCUT2D eigenvalue weighted by molar-refractivity contribution is 5.96. The minimum absolute atomic E-state index is 0.279. The molecule has 1 unspecified atom stereocenters. The van der Waals surface area contributed by atoms with Crippen LogP contribution < -0.4 is 11.2 Å². The van der Waals surface area contributed by atoms with E-state index in [0.29, 0.717) is 24.1 Å². The molecule has 2 aromatic heterocycles. The number of hydrogen-bond acceptors (Lipinski definition) is 3. The smallest absolute Gasteiger partial charge is 0.331 e. The van der Waals surface area contributed by atoms with E-state index in [1.165, 1.54) is 11.6 Å². The van der Waals surface area contributed by atoms with Gasteiger partial charge in [-0.25, -0.2) is 4.79 Å². The highest BCUT2D eigenvalue weighted by Crippen LogP contribution is 2.40. The van der Waals surface area contributed by atoms with E-state index in [0.717, 1.165) is 28.1 Å². The van der Waals surface area contributed by atoms with E-state index in [1.54, 1.807) is 11.6 Å². The summed E-state index contributed by atoms with van der Waals surface area (Å²) in [7, 11) is 3.26. The Labute approximate surface area is 173 Å². The summed E-state index contributed by atoms with van der Waals surface area (Å²) in [5.74, 6) is 0. The minimum Gasteiger partial charge on any atom is -0.365 e. The van der Waals surface area contributed by atoms with E-state index in [9.17, 15) is 9.59 Å². The predicted octanol–water partition coefficient (Wildman–Crippen LogP) is 3.13. The molecule has 0 N–H and O–H groups in total. The fourth-order valence-corrected chi connectivity index (χ4v) is 4.55. The minimum atomic E-state index is -0.348. The second kappa shape index (κ2) is 6.85. The molecule has 0 aliphatic carbocycles. The standard InChI is InChI=1S/C24H23N3O3/c1-15-8-7-11-17(14-15)19-18-20(25(2)24(29)26(3)23(18)28)21-22(30-13-12-27(19)21)16-9-5-4-6-10-16/h4-11,14,22H,12-13H2,1-3H3. The molecule has 4 aromatic rings. The topological polar surface area (TPSA) is 58.2 Å². The van der Waals surface area contributed by atoms with Crippen LogP contribution in [0.15, 0.2) is 64.2 Å². The molecule has 1 aliphatic heterocycles. The molecule has 0 bridgehead atoms. The lowest BCUT2D eigenvalue weighted by Crippen LogP contribution is -2.37. The van der Waals surface area contributed by atoms with Gasteiger partial charge in [0.1, 0.15) is 6.10 Å². The Bertz CT molecular complexity index is 1390. The summed E-state index contributed by atoms with van der Waals surface area (Å²) in [4.78, 5) is 26.1. The van der Waals surface area contributed by atoms with Gasteiger partial charge in [-0.3, -0.25) is 13.9 Å². The summed E-state index contributed by atoms with van der Waals surface area (Å²) in [6, 6.07) is 18.1. The molecule has 0 saturated carbocycles. The van der Waals surface area contributed by atoms with Crippen molar-refractivity contribution in [2.24, 2.45) is 14.1 Å². The Balaban J connectivity index is 1.97. The Morgan fingerprint density at radius 3 is 2.47 bits per heavy atom. The molecular weight excluding hydrogens is 378 g/mol. The maximum atomic E-state index is 13.3. The van der Waals surface area contributed by atoms with E-state index in [1.807, 2.05) is 55.5 Å². The number of aromatic nitrogens is 3. The lowest BCUT2D eigenvalue weighted by atomic mass is 10.0. The second-order valence-corrected chi connectivity index (χ2v) is 7.85. The highest BCUT2D eigenvalue weighted by atomic mass is 16.5. The molecule has 0 radical (unpaired) electrons. The fourth-order valence-electron chi connectivity index (χ4n) is 4.55. The van der Waals surface area contributed by atoms with Crippen LogP contribution >= 0.6 is 0 Å². The van der Waals surface area contributed by atoms with Gasteiger partial charge in [0.25, 0.3) is 5.56 Å². The number of rotatable bonds is 2. The van der Waals surface area contributed by atoms with Crippen molar-refractivity contribution in [2.75, 3.05) is 6.61 Å². The molecule has 30 heavy (non-hydrogen) atoms. The molecule has 6 nitrogen and oxygen atoms in total. The molecule has 0 saturated heterocycles. The zero-order valence-corrected chi connectivity index (χ0v) is 17.3. The van der Waals surface area contributed by atoms with Crippen LogP contribution in [0.2, 0.25) is 0 Å². The second-order valence-electron chi connectivity index (χ2n) is 7.85. The van der Waals surface area contributed by atoms with Crippen LogP contribution in [0.25, 0.3) is 22.2 Å². The van der Waals surface area contributed by atoms with Gasteiger partial charge in [-0.05, 0) is 24.1 Å². The van der Waals surface area contributed by atoms with Gasteiger partial charge in [-0.1, -0.05) is 54.1 Å². The summed E-state index contributed by atoms with van der Waals surface area (Å²) in [6.45, 7) is 3.18. The zero-order valence-electron chi connectivity index (χ0n) is 17.3. The lowest BCUT2D eigenvalue weighted by Gasteiger charge is -2.27. The molecule has 1 aliphatic rings. The summed E-state index contributed by atoms with van der Waals surface area (Å²) >= 11 is 0. The summed E-state index contributed by atoms with van der Waals surface area (Å²) in [6.07, 6.45) is -0.348. The van der Waals surface area contributed by atoms with E-state index in [-0.39, 0.29) is 17.4 Å². The Kier molecular flexibility index (Phi) is 4.25. The molecule has 6 heteroatoms. The monoisotopic (exact) mass is 401 g/mol. The van der Waals surface area contributed by atoms with Gasteiger partial charge >= 0.3 is 5.69 Å². The van der Waals surface area contributed by atoms with Crippen LogP contribution in [0, 0.1) is 6.92 Å². The Hall–Kier alpha value is -3.38. The summed E-state index contributed by atoms with van der Waals surface area (Å²) < 4.78 is 11.1. The molecule has 0 fully saturated rings. The van der Waals surface area contributed by atoms with Gasteiger partial charge in [0.05, 0.1) is 28.9 Å². The molecule has 0 spiro atoms. The van der Waals surface area contributed by atoms with Crippen molar-refractivity contribution in [3.8, 4) is 11.3 Å². The third-order valence-electron chi connectivity index (χ3n) is 5.95. The van der Waals surface area contributed by atoms with Crippen LogP contribution in [0.5, 0.6) is 0 Å². The lowest BCUT2D eigenvalue weighted by molar-refractivity contribution is 0.0478.